The molecule has 4 nitrogen and oxygen atoms in total. The maximum absolute atomic E-state index is 5.52. The van der Waals surface area contributed by atoms with E-state index in [1.807, 2.05) is 6.26 Å². The van der Waals surface area contributed by atoms with Crippen LogP contribution in [-0.2, 0) is 6.54 Å². The van der Waals surface area contributed by atoms with E-state index in [-0.39, 0.29) is 0 Å². The van der Waals surface area contributed by atoms with Gasteiger partial charge in [0.25, 0.3) is 0 Å². The second-order valence-electron chi connectivity index (χ2n) is 6.66. The van der Waals surface area contributed by atoms with Gasteiger partial charge in [-0.3, -0.25) is 4.90 Å². The van der Waals surface area contributed by atoms with E-state index >= 15 is 0 Å². The summed E-state index contributed by atoms with van der Waals surface area (Å²) in [4.78, 5) is 9.67. The Morgan fingerprint density at radius 1 is 1.10 bits per heavy atom. The number of hydrogen-bond acceptors (Lipinski definition) is 4. The lowest BCUT2D eigenvalue weighted by molar-refractivity contribution is 0.234. The van der Waals surface area contributed by atoms with Crippen LogP contribution in [0.5, 0.6) is 0 Å². The SMILES string of the molecule is CC(C)CN1CCCN(Cc2coc(C(C)C)n2)CC1. The van der Waals surface area contributed by atoms with Crippen molar-refractivity contribution >= 4 is 0 Å². The van der Waals surface area contributed by atoms with Crippen LogP contribution in [-0.4, -0.2) is 47.5 Å². The van der Waals surface area contributed by atoms with Crippen molar-refractivity contribution in [1.29, 1.82) is 0 Å². The number of aromatic nitrogens is 1. The van der Waals surface area contributed by atoms with Gasteiger partial charge in [0.15, 0.2) is 5.89 Å². The summed E-state index contributed by atoms with van der Waals surface area (Å²) in [6, 6.07) is 0. The Kier molecular flexibility index (Phi) is 5.61. The Bertz CT molecular complexity index is 400. The summed E-state index contributed by atoms with van der Waals surface area (Å²) in [5, 5.41) is 0. The molecule has 2 heterocycles. The first-order valence-electron chi connectivity index (χ1n) is 7.93. The van der Waals surface area contributed by atoms with Gasteiger partial charge in [0.2, 0.25) is 0 Å². The van der Waals surface area contributed by atoms with Gasteiger partial charge in [-0.1, -0.05) is 27.7 Å². The summed E-state index contributed by atoms with van der Waals surface area (Å²) in [7, 11) is 0. The number of oxazole rings is 1. The molecule has 1 saturated heterocycles. The number of rotatable bonds is 5. The molecule has 114 valence electrons. The maximum Gasteiger partial charge on any atom is 0.196 e. The average Bonchev–Trinajstić information content (AvgIpc) is 2.73. The lowest BCUT2D eigenvalue weighted by atomic mass is 10.2. The molecule has 1 aliphatic heterocycles. The summed E-state index contributed by atoms with van der Waals surface area (Å²) in [5.41, 5.74) is 1.08. The van der Waals surface area contributed by atoms with Gasteiger partial charge >= 0.3 is 0 Å². The van der Waals surface area contributed by atoms with Crippen LogP contribution in [0, 0.1) is 5.92 Å². The second kappa shape index (κ2) is 7.23. The molecular weight excluding hydrogens is 250 g/mol. The van der Waals surface area contributed by atoms with Crippen LogP contribution in [0.1, 0.15) is 51.6 Å². The van der Waals surface area contributed by atoms with Gasteiger partial charge in [0.1, 0.15) is 6.26 Å². The molecule has 0 unspecified atom stereocenters. The molecular formula is C16H29N3O. The van der Waals surface area contributed by atoms with E-state index in [1.54, 1.807) is 0 Å². The minimum atomic E-state index is 0.370. The summed E-state index contributed by atoms with van der Waals surface area (Å²) in [5.74, 6) is 1.98. The molecule has 0 aliphatic carbocycles. The van der Waals surface area contributed by atoms with E-state index in [0.717, 1.165) is 30.6 Å². The van der Waals surface area contributed by atoms with Gasteiger partial charge in [0, 0.05) is 32.1 Å². The van der Waals surface area contributed by atoms with Crippen molar-refractivity contribution in [3.63, 3.8) is 0 Å². The monoisotopic (exact) mass is 279 g/mol. The minimum Gasteiger partial charge on any atom is -0.448 e. The molecule has 2 rings (SSSR count). The third kappa shape index (κ3) is 4.60. The number of nitrogens with zero attached hydrogens (tertiary/aromatic N) is 3. The molecule has 0 amide bonds. The third-order valence-corrected chi connectivity index (χ3v) is 3.75. The maximum atomic E-state index is 5.52. The molecule has 20 heavy (non-hydrogen) atoms. The standard InChI is InChI=1S/C16H29N3O/c1-13(2)10-18-6-5-7-19(9-8-18)11-15-12-20-16(17-15)14(3)4/h12-14H,5-11H2,1-4H3. The molecule has 0 saturated carbocycles. The average molecular weight is 279 g/mol. The quantitative estimate of drug-likeness (QED) is 0.829. The van der Waals surface area contributed by atoms with Gasteiger partial charge in [0.05, 0.1) is 5.69 Å². The van der Waals surface area contributed by atoms with Crippen molar-refractivity contribution in [1.82, 2.24) is 14.8 Å². The van der Waals surface area contributed by atoms with Gasteiger partial charge in [-0.05, 0) is 25.4 Å². The Balaban J connectivity index is 1.84. The molecule has 0 radical (unpaired) electrons. The molecule has 1 aliphatic rings. The van der Waals surface area contributed by atoms with Crippen LogP contribution in [0.2, 0.25) is 0 Å². The molecule has 1 aromatic heterocycles. The van der Waals surface area contributed by atoms with Crippen molar-refractivity contribution in [3.05, 3.63) is 17.8 Å². The zero-order chi connectivity index (χ0) is 14.5. The van der Waals surface area contributed by atoms with Crippen LogP contribution >= 0.6 is 0 Å². The van der Waals surface area contributed by atoms with E-state index in [4.69, 9.17) is 4.42 Å². The zero-order valence-electron chi connectivity index (χ0n) is 13.4. The Morgan fingerprint density at radius 3 is 2.45 bits per heavy atom. The fourth-order valence-corrected chi connectivity index (χ4v) is 2.77. The summed E-state index contributed by atoms with van der Waals surface area (Å²) in [6.07, 6.45) is 3.08. The van der Waals surface area contributed by atoms with Gasteiger partial charge in [-0.15, -0.1) is 0 Å². The normalized spacial score (nSPS) is 18.9. The smallest absolute Gasteiger partial charge is 0.196 e. The first-order valence-corrected chi connectivity index (χ1v) is 7.93. The lowest BCUT2D eigenvalue weighted by Crippen LogP contribution is -2.32. The highest BCUT2D eigenvalue weighted by molar-refractivity contribution is 4.99. The van der Waals surface area contributed by atoms with Crippen LogP contribution in [0.4, 0.5) is 0 Å². The molecule has 1 aromatic rings. The van der Waals surface area contributed by atoms with Crippen molar-refractivity contribution in [3.8, 4) is 0 Å². The van der Waals surface area contributed by atoms with Crippen molar-refractivity contribution < 1.29 is 4.42 Å². The van der Waals surface area contributed by atoms with Crippen molar-refractivity contribution in [2.75, 3.05) is 32.7 Å². The van der Waals surface area contributed by atoms with Crippen molar-refractivity contribution in [2.45, 2.75) is 46.6 Å². The summed E-state index contributed by atoms with van der Waals surface area (Å²) >= 11 is 0. The Hall–Kier alpha value is -0.870. The number of hydrogen-bond donors (Lipinski definition) is 0. The first-order chi connectivity index (χ1) is 9.54. The molecule has 4 heteroatoms. The van der Waals surface area contributed by atoms with Crippen molar-refractivity contribution in [2.24, 2.45) is 5.92 Å². The predicted octanol–water partition coefficient (Wildman–Crippen LogP) is 2.96. The Morgan fingerprint density at radius 2 is 1.80 bits per heavy atom. The predicted molar refractivity (Wildman–Crippen MR) is 81.8 cm³/mol. The lowest BCUT2D eigenvalue weighted by Gasteiger charge is -2.22. The second-order valence-corrected chi connectivity index (χ2v) is 6.66. The van der Waals surface area contributed by atoms with E-state index in [9.17, 15) is 0 Å². The van der Waals surface area contributed by atoms with E-state index in [1.165, 1.54) is 32.6 Å². The van der Waals surface area contributed by atoms with Crippen LogP contribution in [0.15, 0.2) is 10.7 Å². The van der Waals surface area contributed by atoms with Crippen LogP contribution in [0.25, 0.3) is 0 Å². The highest BCUT2D eigenvalue weighted by atomic mass is 16.3. The largest absolute Gasteiger partial charge is 0.448 e. The molecule has 0 aromatic carbocycles. The summed E-state index contributed by atoms with van der Waals surface area (Å²) < 4.78 is 5.52. The van der Waals surface area contributed by atoms with Crippen LogP contribution < -0.4 is 0 Å². The topological polar surface area (TPSA) is 32.5 Å². The van der Waals surface area contributed by atoms with E-state index < -0.39 is 0 Å². The van der Waals surface area contributed by atoms with Crippen LogP contribution in [0.3, 0.4) is 0 Å². The fraction of sp³-hybridized carbons (Fsp3) is 0.812. The molecule has 0 spiro atoms. The first kappa shape index (κ1) is 15.5. The summed E-state index contributed by atoms with van der Waals surface area (Å²) in [6.45, 7) is 15.7. The minimum absolute atomic E-state index is 0.370. The zero-order valence-corrected chi connectivity index (χ0v) is 13.4. The van der Waals surface area contributed by atoms with Gasteiger partial charge < -0.3 is 9.32 Å². The molecule has 1 fully saturated rings. The van der Waals surface area contributed by atoms with E-state index in [2.05, 4.69) is 42.5 Å². The highest BCUT2D eigenvalue weighted by Crippen LogP contribution is 2.15. The fourth-order valence-electron chi connectivity index (χ4n) is 2.77. The third-order valence-electron chi connectivity index (χ3n) is 3.75. The highest BCUT2D eigenvalue weighted by Gasteiger charge is 2.17. The van der Waals surface area contributed by atoms with E-state index in [0.29, 0.717) is 5.92 Å². The Labute approximate surface area is 123 Å². The molecule has 0 bridgehead atoms. The molecule has 0 atom stereocenters. The van der Waals surface area contributed by atoms with Gasteiger partial charge in [-0.2, -0.15) is 0 Å². The molecule has 0 N–H and O–H groups in total. The van der Waals surface area contributed by atoms with Gasteiger partial charge in [-0.25, -0.2) is 4.98 Å².